The quantitative estimate of drug-likeness (QED) is 0.727. The van der Waals surface area contributed by atoms with E-state index in [0.29, 0.717) is 11.6 Å². The highest BCUT2D eigenvalue weighted by Gasteiger charge is 2.16. The summed E-state index contributed by atoms with van der Waals surface area (Å²) in [5, 5.41) is 9.99. The van der Waals surface area contributed by atoms with E-state index < -0.39 is 0 Å². The van der Waals surface area contributed by atoms with Crippen LogP contribution in [0.15, 0.2) is 24.3 Å². The summed E-state index contributed by atoms with van der Waals surface area (Å²) in [6, 6.07) is 7.74. The number of benzene rings is 1. The van der Waals surface area contributed by atoms with Gasteiger partial charge in [0.1, 0.15) is 10.8 Å². The molecule has 2 N–H and O–H groups in total. The molecule has 1 saturated heterocycles. The van der Waals surface area contributed by atoms with Gasteiger partial charge >= 0.3 is 0 Å². The van der Waals surface area contributed by atoms with Crippen molar-refractivity contribution in [3.63, 3.8) is 0 Å². The summed E-state index contributed by atoms with van der Waals surface area (Å²) in [5.41, 5.74) is 1.04. The van der Waals surface area contributed by atoms with Crippen LogP contribution in [0.4, 0.5) is 5.69 Å². The molecule has 0 aliphatic carbocycles. The number of hydrazine groups is 1. The molecular weight excluding hydrogens is 198 g/mol. The number of ether oxygens (including phenoxy) is 1. The van der Waals surface area contributed by atoms with Crippen molar-refractivity contribution >= 4 is 22.7 Å². The number of anilines is 1. The Morgan fingerprint density at radius 3 is 2.64 bits per heavy atom. The van der Waals surface area contributed by atoms with Crippen LogP contribution in [0.1, 0.15) is 0 Å². The average molecular weight is 209 g/mol. The molecule has 1 heterocycles. The van der Waals surface area contributed by atoms with Gasteiger partial charge in [-0.3, -0.25) is 10.4 Å². The van der Waals surface area contributed by atoms with Crippen molar-refractivity contribution in [2.45, 2.75) is 0 Å². The lowest BCUT2D eigenvalue weighted by molar-refractivity contribution is 0.415. The fourth-order valence-corrected chi connectivity index (χ4v) is 1.81. The lowest BCUT2D eigenvalue weighted by Gasteiger charge is -2.15. The predicted molar refractivity (Wildman–Crippen MR) is 58.8 cm³/mol. The topological polar surface area (TPSA) is 48.4 Å². The second kappa shape index (κ2) is 3.89. The molecule has 0 bridgehead atoms. The highest BCUT2D eigenvalue weighted by Crippen LogP contribution is 2.22. The summed E-state index contributed by atoms with van der Waals surface area (Å²) in [6.07, 6.45) is 0. The summed E-state index contributed by atoms with van der Waals surface area (Å²) in [5.74, 6) is 0.843. The molecule has 5 heteroatoms. The molecule has 0 atom stereocenters. The molecule has 2 rings (SSSR count). The molecule has 4 nitrogen and oxygen atoms in total. The van der Waals surface area contributed by atoms with Crippen LogP contribution in [0.2, 0.25) is 0 Å². The lowest BCUT2D eigenvalue weighted by Crippen LogP contribution is -2.27. The maximum Gasteiger partial charge on any atom is 0.119 e. The Labute approximate surface area is 86.9 Å². The monoisotopic (exact) mass is 209 g/mol. The van der Waals surface area contributed by atoms with Crippen molar-refractivity contribution in [1.82, 2.24) is 4.83 Å². The zero-order valence-corrected chi connectivity index (χ0v) is 8.60. The van der Waals surface area contributed by atoms with Gasteiger partial charge in [-0.2, -0.15) is 4.83 Å². The van der Waals surface area contributed by atoms with E-state index in [1.54, 1.807) is 7.11 Å². The van der Waals surface area contributed by atoms with E-state index in [9.17, 15) is 0 Å². The first-order valence-electron chi connectivity index (χ1n) is 4.21. The number of hydrogen-bond donors (Lipinski definition) is 2. The number of nitrogens with zero attached hydrogens (tertiary/aromatic N) is 1. The molecule has 0 spiro atoms. The molecule has 14 heavy (non-hydrogen) atoms. The SMILES string of the molecule is COc1ccc(N2CC(=N)SN2)cc1. The lowest BCUT2D eigenvalue weighted by atomic mass is 10.3. The predicted octanol–water partition coefficient (Wildman–Crippen LogP) is 1.65. The van der Waals surface area contributed by atoms with Gasteiger partial charge in [0, 0.05) is 0 Å². The molecule has 1 aromatic carbocycles. The molecule has 0 radical (unpaired) electrons. The zero-order valence-electron chi connectivity index (χ0n) is 7.78. The van der Waals surface area contributed by atoms with E-state index in [4.69, 9.17) is 10.1 Å². The second-order valence-corrected chi connectivity index (χ2v) is 3.78. The molecule has 1 aromatic rings. The molecule has 1 fully saturated rings. The van der Waals surface area contributed by atoms with E-state index in [1.165, 1.54) is 11.9 Å². The summed E-state index contributed by atoms with van der Waals surface area (Å²) < 4.78 is 5.07. The third-order valence-electron chi connectivity index (χ3n) is 1.96. The Morgan fingerprint density at radius 2 is 2.14 bits per heavy atom. The van der Waals surface area contributed by atoms with Crippen LogP contribution in [0.3, 0.4) is 0 Å². The zero-order chi connectivity index (χ0) is 9.97. The highest BCUT2D eigenvalue weighted by molar-refractivity contribution is 8.12. The van der Waals surface area contributed by atoms with E-state index in [-0.39, 0.29) is 0 Å². The van der Waals surface area contributed by atoms with Gasteiger partial charge in [0.05, 0.1) is 19.3 Å². The van der Waals surface area contributed by atoms with Gasteiger partial charge in [-0.1, -0.05) is 0 Å². The molecule has 0 saturated carbocycles. The van der Waals surface area contributed by atoms with Gasteiger partial charge in [0.2, 0.25) is 0 Å². The van der Waals surface area contributed by atoms with E-state index in [0.717, 1.165) is 11.4 Å². The van der Waals surface area contributed by atoms with E-state index in [1.807, 2.05) is 29.3 Å². The maximum atomic E-state index is 7.44. The fourth-order valence-electron chi connectivity index (χ4n) is 1.22. The van der Waals surface area contributed by atoms with Crippen LogP contribution < -0.4 is 14.6 Å². The molecule has 1 aliphatic heterocycles. The smallest absolute Gasteiger partial charge is 0.119 e. The van der Waals surface area contributed by atoms with Crippen molar-refractivity contribution in [1.29, 1.82) is 5.41 Å². The summed E-state index contributed by atoms with van der Waals surface area (Å²) >= 11 is 1.34. The molecule has 0 unspecified atom stereocenters. The Hall–Kier alpha value is -1.20. The van der Waals surface area contributed by atoms with Crippen molar-refractivity contribution in [2.75, 3.05) is 18.7 Å². The second-order valence-electron chi connectivity index (χ2n) is 2.90. The Morgan fingerprint density at radius 1 is 1.43 bits per heavy atom. The van der Waals surface area contributed by atoms with Crippen LogP contribution in [0.25, 0.3) is 0 Å². The van der Waals surface area contributed by atoms with E-state index in [2.05, 4.69) is 4.83 Å². The molecule has 0 aromatic heterocycles. The van der Waals surface area contributed by atoms with Gasteiger partial charge in [-0.15, -0.1) is 0 Å². The van der Waals surface area contributed by atoms with Crippen molar-refractivity contribution in [3.05, 3.63) is 24.3 Å². The van der Waals surface area contributed by atoms with Gasteiger partial charge in [-0.25, -0.2) is 0 Å². The van der Waals surface area contributed by atoms with Gasteiger partial charge in [0.25, 0.3) is 0 Å². The molecule has 74 valence electrons. The van der Waals surface area contributed by atoms with Crippen LogP contribution in [0, 0.1) is 5.41 Å². The maximum absolute atomic E-state index is 7.44. The Bertz CT molecular complexity index is 338. The number of hydrogen-bond acceptors (Lipinski definition) is 5. The van der Waals surface area contributed by atoms with Crippen molar-refractivity contribution < 1.29 is 4.74 Å². The Balaban J connectivity index is 2.13. The van der Waals surface area contributed by atoms with E-state index >= 15 is 0 Å². The minimum atomic E-state index is 0.622. The van der Waals surface area contributed by atoms with Crippen LogP contribution in [-0.2, 0) is 0 Å². The van der Waals surface area contributed by atoms with Crippen molar-refractivity contribution in [2.24, 2.45) is 0 Å². The Kier molecular flexibility index (Phi) is 2.60. The van der Waals surface area contributed by atoms with Crippen LogP contribution in [0.5, 0.6) is 5.75 Å². The number of methoxy groups -OCH3 is 1. The first-order chi connectivity index (χ1) is 6.79. The minimum absolute atomic E-state index is 0.622. The molecular formula is C9H11N3OS. The molecule has 0 amide bonds. The fraction of sp³-hybridized carbons (Fsp3) is 0.222. The van der Waals surface area contributed by atoms with Gasteiger partial charge < -0.3 is 4.74 Å². The number of nitrogens with one attached hydrogen (secondary N) is 2. The molecule has 1 aliphatic rings. The third kappa shape index (κ3) is 1.83. The number of rotatable bonds is 2. The normalized spacial score (nSPS) is 16.1. The largest absolute Gasteiger partial charge is 0.497 e. The summed E-state index contributed by atoms with van der Waals surface area (Å²) in [4.78, 5) is 3.04. The van der Waals surface area contributed by atoms with Crippen LogP contribution in [-0.4, -0.2) is 18.7 Å². The summed E-state index contributed by atoms with van der Waals surface area (Å²) in [7, 11) is 1.65. The van der Waals surface area contributed by atoms with Crippen molar-refractivity contribution in [3.8, 4) is 5.75 Å². The standard InChI is InChI=1S/C9H11N3OS/c1-13-8-4-2-7(3-5-8)12-6-9(10)14-11-12/h2-5,10-11H,6H2,1H3. The minimum Gasteiger partial charge on any atom is -0.497 e. The average Bonchev–Trinajstić information content (AvgIpc) is 2.65. The first-order valence-corrected chi connectivity index (χ1v) is 5.03. The van der Waals surface area contributed by atoms with Gasteiger partial charge in [0.15, 0.2) is 0 Å². The first kappa shape index (κ1) is 9.36. The summed E-state index contributed by atoms with van der Waals surface area (Å²) in [6.45, 7) is 0.622. The highest BCUT2D eigenvalue weighted by atomic mass is 32.2. The van der Waals surface area contributed by atoms with Crippen LogP contribution >= 0.6 is 11.9 Å². The van der Waals surface area contributed by atoms with Gasteiger partial charge in [-0.05, 0) is 36.2 Å². The third-order valence-corrected chi connectivity index (χ3v) is 2.65.